The average Bonchev–Trinajstić information content (AvgIpc) is 3.15. The van der Waals surface area contributed by atoms with Crippen LogP contribution in [0.15, 0.2) is 23.0 Å². The number of nitrogens with one attached hydrogen (secondary N) is 1. The zero-order valence-electron chi connectivity index (χ0n) is 14.4. The smallest absolute Gasteiger partial charge is 0.268 e. The first kappa shape index (κ1) is 18.6. The molecule has 1 saturated heterocycles. The molecular formula is C19H17FN4O3. The molecule has 0 radical (unpaired) electrons. The van der Waals surface area contributed by atoms with E-state index in [1.165, 1.54) is 18.2 Å². The van der Waals surface area contributed by atoms with E-state index >= 15 is 0 Å². The van der Waals surface area contributed by atoms with E-state index in [2.05, 4.69) is 4.98 Å². The van der Waals surface area contributed by atoms with E-state index in [0.717, 1.165) is 12.8 Å². The lowest BCUT2D eigenvalue weighted by molar-refractivity contribution is 0.0106. The second-order valence-corrected chi connectivity index (χ2v) is 6.17. The van der Waals surface area contributed by atoms with Gasteiger partial charge in [-0.25, -0.2) is 4.39 Å². The molecule has 138 valence electrons. The molecule has 0 spiro atoms. The van der Waals surface area contributed by atoms with Crippen molar-refractivity contribution in [1.82, 2.24) is 4.98 Å². The second kappa shape index (κ2) is 8.00. The lowest BCUT2D eigenvalue weighted by atomic mass is 9.93. The summed E-state index contributed by atoms with van der Waals surface area (Å²) in [7, 11) is 0. The molecule has 0 aliphatic carbocycles. The quantitative estimate of drug-likeness (QED) is 0.833. The molecule has 1 unspecified atom stereocenters. The maximum absolute atomic E-state index is 13.8. The summed E-state index contributed by atoms with van der Waals surface area (Å²) in [4.78, 5) is 14.4. The predicted molar refractivity (Wildman–Crippen MR) is 94.9 cm³/mol. The molecule has 1 aromatic carbocycles. The Hall–Kier alpha value is -3.20. The van der Waals surface area contributed by atoms with Crippen molar-refractivity contribution in [3.63, 3.8) is 0 Å². The van der Waals surface area contributed by atoms with Gasteiger partial charge in [0.25, 0.3) is 5.56 Å². The van der Waals surface area contributed by atoms with E-state index < -0.39 is 11.4 Å². The fourth-order valence-electron chi connectivity index (χ4n) is 3.11. The van der Waals surface area contributed by atoms with Gasteiger partial charge in [0.1, 0.15) is 34.9 Å². The minimum absolute atomic E-state index is 0.00145. The minimum Gasteiger partial charge on any atom is -0.384 e. The molecular weight excluding hydrogens is 351 g/mol. The molecule has 2 heterocycles. The van der Waals surface area contributed by atoms with Crippen molar-refractivity contribution in [2.45, 2.75) is 25.6 Å². The van der Waals surface area contributed by atoms with Crippen molar-refractivity contribution in [2.24, 2.45) is 0 Å². The average molecular weight is 368 g/mol. The van der Waals surface area contributed by atoms with Crippen molar-refractivity contribution in [1.29, 1.82) is 10.5 Å². The lowest BCUT2D eigenvalue weighted by Gasteiger charge is -2.15. The van der Waals surface area contributed by atoms with Crippen molar-refractivity contribution in [3.8, 4) is 23.3 Å². The van der Waals surface area contributed by atoms with Gasteiger partial charge in [0, 0.05) is 12.2 Å². The number of benzene rings is 1. The Kier molecular flexibility index (Phi) is 5.51. The van der Waals surface area contributed by atoms with Gasteiger partial charge in [-0.1, -0.05) is 6.07 Å². The van der Waals surface area contributed by atoms with Crippen molar-refractivity contribution in [3.05, 3.63) is 51.1 Å². The summed E-state index contributed by atoms with van der Waals surface area (Å²) < 4.78 is 25.0. The third-order valence-corrected chi connectivity index (χ3v) is 4.39. The first-order valence-corrected chi connectivity index (χ1v) is 8.39. The number of nitrogens with zero attached hydrogens (tertiary/aromatic N) is 2. The number of halogens is 1. The van der Waals surface area contributed by atoms with E-state index in [-0.39, 0.29) is 35.2 Å². The van der Waals surface area contributed by atoms with Gasteiger partial charge in [0.15, 0.2) is 0 Å². The third kappa shape index (κ3) is 3.82. The Labute approximate surface area is 154 Å². The number of hydrogen-bond acceptors (Lipinski definition) is 6. The van der Waals surface area contributed by atoms with Crippen molar-refractivity contribution in [2.75, 3.05) is 18.9 Å². The van der Waals surface area contributed by atoms with Crippen LogP contribution in [0.25, 0.3) is 11.1 Å². The van der Waals surface area contributed by atoms with Gasteiger partial charge in [-0.3, -0.25) is 4.79 Å². The molecule has 0 saturated carbocycles. The molecule has 1 atom stereocenters. The molecule has 3 N–H and O–H groups in total. The summed E-state index contributed by atoms with van der Waals surface area (Å²) in [6.45, 7) is 1.08. The molecule has 1 aromatic heterocycles. The number of nitrogens with two attached hydrogens (primary N) is 1. The number of rotatable bonds is 5. The van der Waals surface area contributed by atoms with Gasteiger partial charge in [-0.15, -0.1) is 0 Å². The number of nitriles is 2. The van der Waals surface area contributed by atoms with E-state index in [9.17, 15) is 19.7 Å². The fraction of sp³-hybridized carbons (Fsp3) is 0.316. The number of anilines is 1. The predicted octanol–water partition coefficient (Wildman–Crippen LogP) is 2.20. The number of hydrogen-bond donors (Lipinski definition) is 2. The van der Waals surface area contributed by atoms with Crippen LogP contribution in [0.5, 0.6) is 0 Å². The number of pyridine rings is 1. The molecule has 1 aliphatic heterocycles. The molecule has 0 bridgehead atoms. The minimum atomic E-state index is -0.709. The Bertz CT molecular complexity index is 998. The Balaban J connectivity index is 2.03. The van der Waals surface area contributed by atoms with E-state index in [1.54, 1.807) is 6.07 Å². The van der Waals surface area contributed by atoms with Crippen LogP contribution in [0.4, 0.5) is 10.2 Å². The van der Waals surface area contributed by atoms with Crippen LogP contribution in [0.2, 0.25) is 0 Å². The largest absolute Gasteiger partial charge is 0.384 e. The monoisotopic (exact) mass is 368 g/mol. The van der Waals surface area contributed by atoms with Crippen LogP contribution < -0.4 is 11.3 Å². The van der Waals surface area contributed by atoms with Gasteiger partial charge in [-0.2, -0.15) is 10.5 Å². The zero-order chi connectivity index (χ0) is 19.4. The van der Waals surface area contributed by atoms with Crippen LogP contribution >= 0.6 is 0 Å². The molecule has 27 heavy (non-hydrogen) atoms. The summed E-state index contributed by atoms with van der Waals surface area (Å²) in [5.74, 6) is -0.642. The van der Waals surface area contributed by atoms with Crippen LogP contribution in [-0.4, -0.2) is 24.3 Å². The number of ether oxygens (including phenoxy) is 2. The Morgan fingerprint density at radius 2 is 2.11 bits per heavy atom. The van der Waals surface area contributed by atoms with Crippen LogP contribution in [0, 0.1) is 28.5 Å². The van der Waals surface area contributed by atoms with Gasteiger partial charge in [0.05, 0.1) is 19.3 Å². The summed E-state index contributed by atoms with van der Waals surface area (Å²) in [6, 6.07) is 7.57. The van der Waals surface area contributed by atoms with Gasteiger partial charge in [0.2, 0.25) is 0 Å². The summed E-state index contributed by atoms with van der Waals surface area (Å²) in [6.07, 6.45) is 1.88. The highest BCUT2D eigenvalue weighted by Crippen LogP contribution is 2.32. The maximum Gasteiger partial charge on any atom is 0.268 e. The SMILES string of the molecule is N#Cc1c(N)[nH]c(=O)c(C#N)c1-c1ccc(F)cc1COCC1CCCO1. The van der Waals surface area contributed by atoms with E-state index in [4.69, 9.17) is 15.2 Å². The number of aromatic amines is 1. The fourth-order valence-corrected chi connectivity index (χ4v) is 3.11. The topological polar surface area (TPSA) is 125 Å². The van der Waals surface area contributed by atoms with Crippen molar-refractivity contribution >= 4 is 5.82 Å². The molecule has 8 heteroatoms. The van der Waals surface area contributed by atoms with Crippen molar-refractivity contribution < 1.29 is 13.9 Å². The number of aromatic nitrogens is 1. The van der Waals surface area contributed by atoms with E-state index in [0.29, 0.717) is 24.3 Å². The first-order valence-electron chi connectivity index (χ1n) is 8.39. The Morgan fingerprint density at radius 1 is 1.33 bits per heavy atom. The number of nitrogen functional groups attached to an aromatic ring is 1. The highest BCUT2D eigenvalue weighted by Gasteiger charge is 2.21. The molecule has 0 amide bonds. The maximum atomic E-state index is 13.8. The van der Waals surface area contributed by atoms with Crippen LogP contribution in [0.1, 0.15) is 29.5 Å². The van der Waals surface area contributed by atoms with E-state index in [1.807, 2.05) is 6.07 Å². The van der Waals surface area contributed by atoms with Gasteiger partial charge >= 0.3 is 0 Å². The standard InChI is InChI=1S/C19H17FN4O3/c20-12-3-4-14(11(6-12)9-26-10-13-2-1-5-27-13)17-15(7-21)18(23)24-19(25)16(17)8-22/h3-4,6,13H,1-2,5,9-10H2,(H3,23,24,25). The lowest BCUT2D eigenvalue weighted by Crippen LogP contribution is -2.17. The van der Waals surface area contributed by atoms with Crippen LogP contribution in [-0.2, 0) is 16.1 Å². The normalized spacial score (nSPS) is 16.0. The molecule has 1 fully saturated rings. The van der Waals surface area contributed by atoms with Crippen LogP contribution in [0.3, 0.4) is 0 Å². The zero-order valence-corrected chi connectivity index (χ0v) is 14.4. The number of H-pyrrole nitrogens is 1. The summed E-state index contributed by atoms with van der Waals surface area (Å²) >= 11 is 0. The molecule has 3 rings (SSSR count). The molecule has 2 aromatic rings. The van der Waals surface area contributed by atoms with Gasteiger partial charge in [-0.05, 0) is 36.1 Å². The highest BCUT2D eigenvalue weighted by molar-refractivity contribution is 5.81. The Morgan fingerprint density at radius 3 is 2.78 bits per heavy atom. The molecule has 7 nitrogen and oxygen atoms in total. The summed E-state index contributed by atoms with van der Waals surface area (Å²) in [5, 5.41) is 18.8. The first-order chi connectivity index (χ1) is 13.0. The second-order valence-electron chi connectivity index (χ2n) is 6.17. The highest BCUT2D eigenvalue weighted by atomic mass is 19.1. The third-order valence-electron chi connectivity index (χ3n) is 4.39. The molecule has 1 aliphatic rings. The summed E-state index contributed by atoms with van der Waals surface area (Å²) in [5.41, 5.74) is 5.58. The van der Waals surface area contributed by atoms with Gasteiger partial charge < -0.3 is 20.2 Å².